The van der Waals surface area contributed by atoms with Gasteiger partial charge >= 0.3 is 0 Å². The highest BCUT2D eigenvalue weighted by molar-refractivity contribution is 5.43. The minimum absolute atomic E-state index is 0.103. The summed E-state index contributed by atoms with van der Waals surface area (Å²) in [5.74, 6) is 2.62. The second kappa shape index (κ2) is 3.64. The molecule has 0 unspecified atom stereocenters. The Morgan fingerprint density at radius 3 is 2.54 bits per heavy atom. The largest absolute Gasteiger partial charge is 0.395 e. The van der Waals surface area contributed by atoms with Crippen molar-refractivity contribution in [2.75, 3.05) is 6.61 Å². The predicted octanol–water partition coefficient (Wildman–Crippen LogP) is 1.94. The molecule has 68 valence electrons. The molecule has 0 heterocycles. The first-order chi connectivity index (χ1) is 6.11. The summed E-state index contributed by atoms with van der Waals surface area (Å²) < 4.78 is 0. The molecular weight excluding hydrogens is 160 g/mol. The van der Waals surface area contributed by atoms with Crippen molar-refractivity contribution in [3.8, 4) is 12.3 Å². The summed E-state index contributed by atoms with van der Waals surface area (Å²) in [6.07, 6.45) is 5.37. The van der Waals surface area contributed by atoms with Crippen LogP contribution in [0.2, 0.25) is 0 Å². The Balaban J connectivity index is 3.22. The van der Waals surface area contributed by atoms with Crippen LogP contribution in [0.4, 0.5) is 0 Å². The van der Waals surface area contributed by atoms with Gasteiger partial charge in [-0.25, -0.2) is 0 Å². The number of rotatable bonds is 2. The Hall–Kier alpha value is -1.26. The van der Waals surface area contributed by atoms with Crippen molar-refractivity contribution in [1.82, 2.24) is 0 Å². The van der Waals surface area contributed by atoms with Crippen LogP contribution in [0.3, 0.4) is 0 Å². The highest BCUT2D eigenvalue weighted by Crippen LogP contribution is 2.25. The highest BCUT2D eigenvalue weighted by Gasteiger charge is 2.21. The average Bonchev–Trinajstić information content (AvgIpc) is 2.18. The zero-order valence-electron chi connectivity index (χ0n) is 8.04. The van der Waals surface area contributed by atoms with Crippen LogP contribution in [-0.4, -0.2) is 11.7 Å². The highest BCUT2D eigenvalue weighted by atomic mass is 16.3. The van der Waals surface area contributed by atoms with Crippen LogP contribution in [0, 0.1) is 12.3 Å². The molecule has 0 bridgehead atoms. The fourth-order valence-corrected chi connectivity index (χ4v) is 1.28. The van der Waals surface area contributed by atoms with Crippen molar-refractivity contribution in [3.05, 3.63) is 35.4 Å². The first kappa shape index (κ1) is 9.83. The molecule has 0 saturated heterocycles. The topological polar surface area (TPSA) is 20.2 Å². The Kier molecular flexibility index (Phi) is 2.75. The van der Waals surface area contributed by atoms with E-state index in [4.69, 9.17) is 6.42 Å². The monoisotopic (exact) mass is 174 g/mol. The van der Waals surface area contributed by atoms with Gasteiger partial charge in [0, 0.05) is 11.0 Å². The van der Waals surface area contributed by atoms with Gasteiger partial charge in [-0.1, -0.05) is 38.0 Å². The fraction of sp³-hybridized carbons (Fsp3) is 0.333. The molecule has 1 N–H and O–H groups in total. The maximum absolute atomic E-state index is 9.20. The summed E-state index contributed by atoms with van der Waals surface area (Å²) in [7, 11) is 0. The van der Waals surface area contributed by atoms with Gasteiger partial charge in [0.15, 0.2) is 0 Å². The van der Waals surface area contributed by atoms with Crippen LogP contribution in [0.5, 0.6) is 0 Å². The summed E-state index contributed by atoms with van der Waals surface area (Å²) in [5.41, 5.74) is 1.63. The van der Waals surface area contributed by atoms with Gasteiger partial charge in [0.2, 0.25) is 0 Å². The molecule has 0 saturated carbocycles. The Morgan fingerprint density at radius 2 is 2.00 bits per heavy atom. The van der Waals surface area contributed by atoms with Gasteiger partial charge in [-0.3, -0.25) is 0 Å². The zero-order valence-corrected chi connectivity index (χ0v) is 8.04. The molecule has 1 aromatic carbocycles. The third kappa shape index (κ3) is 1.91. The third-order valence-corrected chi connectivity index (χ3v) is 2.21. The minimum atomic E-state index is -0.261. The summed E-state index contributed by atoms with van der Waals surface area (Å²) in [5, 5.41) is 9.20. The maximum atomic E-state index is 9.20. The normalized spacial score (nSPS) is 10.9. The van der Waals surface area contributed by atoms with Gasteiger partial charge in [0.1, 0.15) is 0 Å². The van der Waals surface area contributed by atoms with Gasteiger partial charge in [-0.15, -0.1) is 6.42 Å². The van der Waals surface area contributed by atoms with Crippen LogP contribution >= 0.6 is 0 Å². The van der Waals surface area contributed by atoms with Gasteiger partial charge < -0.3 is 5.11 Å². The van der Waals surface area contributed by atoms with E-state index >= 15 is 0 Å². The standard InChI is InChI=1S/C12H14O/c1-4-10-7-5-6-8-11(10)12(2,3)9-13/h1,5-8,13H,9H2,2-3H3. The van der Waals surface area contributed by atoms with Gasteiger partial charge in [0.05, 0.1) is 6.61 Å². The molecule has 0 atom stereocenters. The van der Waals surface area contributed by atoms with E-state index in [1.807, 2.05) is 38.1 Å². The second-order valence-corrected chi connectivity index (χ2v) is 3.73. The van der Waals surface area contributed by atoms with E-state index in [-0.39, 0.29) is 12.0 Å². The van der Waals surface area contributed by atoms with Crippen LogP contribution in [0.15, 0.2) is 24.3 Å². The smallest absolute Gasteiger partial charge is 0.0523 e. The van der Waals surface area contributed by atoms with Gasteiger partial charge in [-0.05, 0) is 11.6 Å². The van der Waals surface area contributed by atoms with Gasteiger partial charge in [-0.2, -0.15) is 0 Å². The SMILES string of the molecule is C#Cc1ccccc1C(C)(C)CO. The lowest BCUT2D eigenvalue weighted by atomic mass is 9.83. The van der Waals surface area contributed by atoms with E-state index in [1.54, 1.807) is 0 Å². The van der Waals surface area contributed by atoms with Crippen molar-refractivity contribution in [3.63, 3.8) is 0 Å². The first-order valence-electron chi connectivity index (χ1n) is 4.29. The number of aliphatic hydroxyl groups excluding tert-OH is 1. The average molecular weight is 174 g/mol. The molecule has 1 aromatic rings. The van der Waals surface area contributed by atoms with E-state index in [1.165, 1.54) is 0 Å². The molecule has 0 spiro atoms. The van der Waals surface area contributed by atoms with E-state index in [0.29, 0.717) is 0 Å². The van der Waals surface area contributed by atoms with Crippen molar-refractivity contribution in [2.45, 2.75) is 19.3 Å². The molecule has 1 rings (SSSR count). The lowest BCUT2D eigenvalue weighted by Crippen LogP contribution is -2.23. The summed E-state index contributed by atoms with van der Waals surface area (Å²) in [6.45, 7) is 4.05. The first-order valence-corrected chi connectivity index (χ1v) is 4.29. The van der Waals surface area contributed by atoms with Crippen molar-refractivity contribution < 1.29 is 5.11 Å². The molecule has 1 heteroatoms. The van der Waals surface area contributed by atoms with Crippen molar-refractivity contribution >= 4 is 0 Å². The number of terminal acetylenes is 1. The molecule has 0 aliphatic heterocycles. The van der Waals surface area contributed by atoms with Crippen molar-refractivity contribution in [1.29, 1.82) is 0 Å². The van der Waals surface area contributed by atoms with Gasteiger partial charge in [0.25, 0.3) is 0 Å². The van der Waals surface area contributed by atoms with E-state index in [0.717, 1.165) is 11.1 Å². The lowest BCUT2D eigenvalue weighted by molar-refractivity contribution is 0.218. The molecule has 0 radical (unpaired) electrons. The molecule has 0 aliphatic carbocycles. The lowest BCUT2D eigenvalue weighted by Gasteiger charge is -2.23. The number of aliphatic hydroxyl groups is 1. The van der Waals surface area contributed by atoms with E-state index in [2.05, 4.69) is 5.92 Å². The predicted molar refractivity (Wildman–Crippen MR) is 54.5 cm³/mol. The zero-order chi connectivity index (χ0) is 9.90. The fourth-order valence-electron chi connectivity index (χ4n) is 1.28. The van der Waals surface area contributed by atoms with E-state index < -0.39 is 0 Å². The summed E-state index contributed by atoms with van der Waals surface area (Å²) in [4.78, 5) is 0. The molecule has 0 fully saturated rings. The maximum Gasteiger partial charge on any atom is 0.0523 e. The van der Waals surface area contributed by atoms with Crippen LogP contribution < -0.4 is 0 Å². The molecule has 0 amide bonds. The summed E-state index contributed by atoms with van der Waals surface area (Å²) in [6, 6.07) is 7.71. The molecule has 1 nitrogen and oxygen atoms in total. The second-order valence-electron chi connectivity index (χ2n) is 3.73. The van der Waals surface area contributed by atoms with E-state index in [9.17, 15) is 5.11 Å². The number of benzene rings is 1. The van der Waals surface area contributed by atoms with Crippen molar-refractivity contribution in [2.24, 2.45) is 0 Å². The molecule has 13 heavy (non-hydrogen) atoms. The Morgan fingerprint density at radius 1 is 1.38 bits per heavy atom. The Labute approximate surface area is 79.4 Å². The van der Waals surface area contributed by atoms with Crippen LogP contribution in [-0.2, 0) is 5.41 Å². The number of hydrogen-bond acceptors (Lipinski definition) is 1. The molecular formula is C12H14O. The molecule has 0 aliphatic rings. The Bertz CT molecular complexity index is 331. The molecule has 0 aromatic heterocycles. The third-order valence-electron chi connectivity index (χ3n) is 2.21. The minimum Gasteiger partial charge on any atom is -0.395 e. The van der Waals surface area contributed by atoms with Crippen LogP contribution in [0.1, 0.15) is 25.0 Å². The van der Waals surface area contributed by atoms with Crippen LogP contribution in [0.25, 0.3) is 0 Å². The summed E-state index contributed by atoms with van der Waals surface area (Å²) >= 11 is 0. The number of hydrogen-bond donors (Lipinski definition) is 1. The quantitative estimate of drug-likeness (QED) is 0.679.